The Morgan fingerprint density at radius 2 is 1.00 bits per heavy atom. The van der Waals surface area contributed by atoms with Gasteiger partial charge in [0.1, 0.15) is 0 Å². The maximum Gasteiger partial charge on any atom is 0.305 e. The number of ether oxygens (including phenoxy) is 3. The average molecular weight is 499 g/mol. The lowest BCUT2D eigenvalue weighted by atomic mass is 10.1. The molecule has 0 spiro atoms. The zero-order valence-corrected chi connectivity index (χ0v) is 23.6. The van der Waals surface area contributed by atoms with Crippen LogP contribution in [0.3, 0.4) is 0 Å². The molecule has 0 rings (SSSR count). The van der Waals surface area contributed by atoms with Crippen molar-refractivity contribution >= 4 is 11.9 Å². The molecule has 0 aromatic carbocycles. The van der Waals surface area contributed by atoms with Crippen molar-refractivity contribution in [3.63, 3.8) is 0 Å². The Bertz CT molecular complexity index is 466. The van der Waals surface area contributed by atoms with Crippen LogP contribution in [-0.4, -0.2) is 38.9 Å². The fourth-order valence-electron chi connectivity index (χ4n) is 4.16. The van der Waals surface area contributed by atoms with E-state index in [-0.39, 0.29) is 11.9 Å². The second kappa shape index (κ2) is 27.5. The van der Waals surface area contributed by atoms with Crippen LogP contribution >= 0.6 is 0 Å². The van der Waals surface area contributed by atoms with E-state index in [1.165, 1.54) is 70.6 Å². The average Bonchev–Trinajstić information content (AvgIpc) is 2.85. The number of methoxy groups -OCH3 is 1. The van der Waals surface area contributed by atoms with Gasteiger partial charge in [0.2, 0.25) is 0 Å². The minimum Gasteiger partial charge on any atom is -0.466 e. The van der Waals surface area contributed by atoms with Crippen molar-refractivity contribution in [3.8, 4) is 0 Å². The first-order valence-electron chi connectivity index (χ1n) is 14.9. The molecule has 0 aliphatic heterocycles. The van der Waals surface area contributed by atoms with E-state index in [4.69, 9.17) is 14.2 Å². The number of rotatable bonds is 27. The second-order valence-corrected chi connectivity index (χ2v) is 10.3. The van der Waals surface area contributed by atoms with Crippen LogP contribution < -0.4 is 0 Å². The molecule has 0 bridgehead atoms. The standard InChI is InChI=1S/C30H58O5/c1-4-5-6-7-8-9-10-11-12-15-18-21-25-34-29(31)22-19-16-13-14-17-20-23-30(32)35-27-28(2)24-26-33-3/h28H,4-27H2,1-3H3. The van der Waals surface area contributed by atoms with Crippen LogP contribution in [-0.2, 0) is 23.8 Å². The summed E-state index contributed by atoms with van der Waals surface area (Å²) in [4.78, 5) is 23.6. The number of esters is 2. The number of hydrogen-bond acceptors (Lipinski definition) is 5. The Morgan fingerprint density at radius 3 is 1.49 bits per heavy atom. The molecule has 5 heteroatoms. The van der Waals surface area contributed by atoms with Crippen molar-refractivity contribution in [1.29, 1.82) is 0 Å². The van der Waals surface area contributed by atoms with E-state index < -0.39 is 0 Å². The molecule has 5 nitrogen and oxygen atoms in total. The van der Waals surface area contributed by atoms with Gasteiger partial charge in [0.05, 0.1) is 13.2 Å². The van der Waals surface area contributed by atoms with Gasteiger partial charge in [-0.05, 0) is 31.6 Å². The number of hydrogen-bond donors (Lipinski definition) is 0. The predicted molar refractivity (Wildman–Crippen MR) is 146 cm³/mol. The summed E-state index contributed by atoms with van der Waals surface area (Å²) in [5, 5.41) is 0. The van der Waals surface area contributed by atoms with Gasteiger partial charge in [0, 0.05) is 26.6 Å². The second-order valence-electron chi connectivity index (χ2n) is 10.3. The summed E-state index contributed by atoms with van der Waals surface area (Å²) >= 11 is 0. The highest BCUT2D eigenvalue weighted by Crippen LogP contribution is 2.13. The van der Waals surface area contributed by atoms with Crippen molar-refractivity contribution in [2.75, 3.05) is 26.9 Å². The molecule has 208 valence electrons. The van der Waals surface area contributed by atoms with Gasteiger partial charge in [0.15, 0.2) is 0 Å². The molecule has 0 aromatic rings. The van der Waals surface area contributed by atoms with E-state index in [1.807, 2.05) is 0 Å². The molecule has 35 heavy (non-hydrogen) atoms. The van der Waals surface area contributed by atoms with Crippen LogP contribution in [0, 0.1) is 5.92 Å². The molecule has 0 aromatic heterocycles. The topological polar surface area (TPSA) is 61.8 Å². The van der Waals surface area contributed by atoms with E-state index in [9.17, 15) is 9.59 Å². The van der Waals surface area contributed by atoms with Gasteiger partial charge in [-0.15, -0.1) is 0 Å². The first kappa shape index (κ1) is 33.9. The minimum atomic E-state index is -0.0924. The molecule has 0 N–H and O–H groups in total. The van der Waals surface area contributed by atoms with Crippen LogP contribution in [0.25, 0.3) is 0 Å². The predicted octanol–water partition coefficient (Wildman–Crippen LogP) is 8.57. The molecule has 0 aliphatic carbocycles. The molecule has 0 saturated carbocycles. The summed E-state index contributed by atoms with van der Waals surface area (Å²) in [6.45, 7) is 6.11. The number of carbonyl (C=O) groups excluding carboxylic acids is 2. The maximum atomic E-state index is 11.8. The first-order valence-corrected chi connectivity index (χ1v) is 14.9. The van der Waals surface area contributed by atoms with Crippen LogP contribution in [0.1, 0.15) is 149 Å². The molecule has 0 fully saturated rings. The Labute approximate surface area is 217 Å². The van der Waals surface area contributed by atoms with Crippen molar-refractivity contribution in [2.24, 2.45) is 5.92 Å². The summed E-state index contributed by atoms with van der Waals surface area (Å²) in [6, 6.07) is 0. The number of unbranched alkanes of at least 4 members (excludes halogenated alkanes) is 16. The van der Waals surface area contributed by atoms with Gasteiger partial charge in [-0.1, -0.05) is 110 Å². The highest BCUT2D eigenvalue weighted by Gasteiger charge is 2.07. The summed E-state index contributed by atoms with van der Waals surface area (Å²) in [7, 11) is 1.69. The molecule has 0 heterocycles. The van der Waals surface area contributed by atoms with E-state index in [1.54, 1.807) is 7.11 Å². The van der Waals surface area contributed by atoms with Crippen molar-refractivity contribution < 1.29 is 23.8 Å². The molecular formula is C30H58O5. The quantitative estimate of drug-likeness (QED) is 0.0838. The van der Waals surface area contributed by atoms with Crippen LogP contribution in [0.4, 0.5) is 0 Å². The molecule has 0 radical (unpaired) electrons. The fraction of sp³-hybridized carbons (Fsp3) is 0.933. The highest BCUT2D eigenvalue weighted by atomic mass is 16.5. The Morgan fingerprint density at radius 1 is 0.571 bits per heavy atom. The molecule has 0 aliphatic rings. The Balaban J connectivity index is 3.29. The molecule has 1 atom stereocenters. The monoisotopic (exact) mass is 498 g/mol. The lowest BCUT2D eigenvalue weighted by Crippen LogP contribution is -2.13. The van der Waals surface area contributed by atoms with Gasteiger partial charge in [0.25, 0.3) is 0 Å². The normalized spacial score (nSPS) is 12.0. The van der Waals surface area contributed by atoms with Gasteiger partial charge >= 0.3 is 11.9 Å². The summed E-state index contributed by atoms with van der Waals surface area (Å²) in [5.74, 6) is 0.204. The van der Waals surface area contributed by atoms with E-state index in [0.29, 0.717) is 38.6 Å². The van der Waals surface area contributed by atoms with Crippen molar-refractivity contribution in [3.05, 3.63) is 0 Å². The molecule has 1 unspecified atom stereocenters. The SMILES string of the molecule is CCCCCCCCCCCCCCOC(=O)CCCCCCCCC(=O)OCC(C)CCOC. The Hall–Kier alpha value is -1.10. The van der Waals surface area contributed by atoms with Crippen molar-refractivity contribution in [2.45, 2.75) is 149 Å². The fourth-order valence-corrected chi connectivity index (χ4v) is 4.16. The zero-order chi connectivity index (χ0) is 25.8. The first-order chi connectivity index (χ1) is 17.1. The van der Waals surface area contributed by atoms with E-state index >= 15 is 0 Å². The third-order valence-electron chi connectivity index (χ3n) is 6.62. The summed E-state index contributed by atoms with van der Waals surface area (Å²) in [5.41, 5.74) is 0. The third kappa shape index (κ3) is 27.3. The zero-order valence-electron chi connectivity index (χ0n) is 23.6. The number of carbonyl (C=O) groups is 2. The van der Waals surface area contributed by atoms with Crippen LogP contribution in [0.15, 0.2) is 0 Å². The van der Waals surface area contributed by atoms with Crippen LogP contribution in [0.5, 0.6) is 0 Å². The molecular weight excluding hydrogens is 440 g/mol. The highest BCUT2D eigenvalue weighted by molar-refractivity contribution is 5.69. The van der Waals surface area contributed by atoms with E-state index in [0.717, 1.165) is 51.4 Å². The maximum absolute atomic E-state index is 11.8. The lowest BCUT2D eigenvalue weighted by Gasteiger charge is -2.11. The van der Waals surface area contributed by atoms with Gasteiger partial charge in [-0.2, -0.15) is 0 Å². The van der Waals surface area contributed by atoms with Gasteiger partial charge in [-0.25, -0.2) is 0 Å². The minimum absolute atomic E-state index is 0.0458. The molecule has 0 amide bonds. The van der Waals surface area contributed by atoms with Crippen LogP contribution in [0.2, 0.25) is 0 Å². The third-order valence-corrected chi connectivity index (χ3v) is 6.62. The molecule has 0 saturated heterocycles. The van der Waals surface area contributed by atoms with Crippen molar-refractivity contribution in [1.82, 2.24) is 0 Å². The summed E-state index contributed by atoms with van der Waals surface area (Å²) < 4.78 is 15.7. The Kier molecular flexibility index (Phi) is 26.6. The van der Waals surface area contributed by atoms with Gasteiger partial charge in [-0.3, -0.25) is 9.59 Å². The largest absolute Gasteiger partial charge is 0.466 e. The smallest absolute Gasteiger partial charge is 0.305 e. The van der Waals surface area contributed by atoms with E-state index in [2.05, 4.69) is 13.8 Å². The van der Waals surface area contributed by atoms with Gasteiger partial charge < -0.3 is 14.2 Å². The summed E-state index contributed by atoms with van der Waals surface area (Å²) in [6.07, 6.45) is 23.8. The lowest BCUT2D eigenvalue weighted by molar-refractivity contribution is -0.145.